The van der Waals surface area contributed by atoms with Crippen LogP contribution in [0.3, 0.4) is 0 Å². The van der Waals surface area contributed by atoms with Crippen LogP contribution >= 0.6 is 0 Å². The molecule has 1 atom stereocenters. The number of aryl methyl sites for hydroxylation is 1. The van der Waals surface area contributed by atoms with Gasteiger partial charge in [-0.15, -0.1) is 0 Å². The van der Waals surface area contributed by atoms with Gasteiger partial charge in [0.05, 0.1) is 13.0 Å². The van der Waals surface area contributed by atoms with Crippen molar-refractivity contribution in [3.05, 3.63) is 89.2 Å². The van der Waals surface area contributed by atoms with Crippen molar-refractivity contribution in [3.63, 3.8) is 0 Å². The van der Waals surface area contributed by atoms with Crippen molar-refractivity contribution >= 4 is 34.0 Å². The topological polar surface area (TPSA) is 84.1 Å². The lowest BCUT2D eigenvalue weighted by atomic mass is 9.98. The maximum atomic E-state index is 12.7. The van der Waals surface area contributed by atoms with E-state index in [1.165, 1.54) is 5.56 Å². The quantitative estimate of drug-likeness (QED) is 0.113. The Kier molecular flexibility index (Phi) is 9.38. The predicted octanol–water partition coefficient (Wildman–Crippen LogP) is 7.62. The Balaban J connectivity index is 1.73. The minimum atomic E-state index is -1.40. The van der Waals surface area contributed by atoms with E-state index in [2.05, 4.69) is 41.7 Å². The number of esters is 1. The monoisotopic (exact) mass is 559 g/mol. The standard InChI is InChI=1S/C33H37NO5S/c1-7-23-12-11-14-25(16-23)28-18-24(21-38-29-15-10-9-13-26(29)20-31(35)37-8-2)17-27-19-30(39-32(27)28)22(3)34-40(36)33(4,5)6/h9-19H,7-8,20-21H2,1-6H3/b34-22-/t40-/m1/s1. The van der Waals surface area contributed by atoms with Crippen LogP contribution in [0.2, 0.25) is 0 Å². The van der Waals surface area contributed by atoms with E-state index in [0.717, 1.165) is 39.6 Å². The average Bonchev–Trinajstić information content (AvgIpc) is 3.36. The molecule has 0 unspecified atom stereocenters. The lowest BCUT2D eigenvalue weighted by molar-refractivity contribution is -0.142. The molecule has 0 bridgehead atoms. The highest BCUT2D eigenvalue weighted by atomic mass is 32.2. The van der Waals surface area contributed by atoms with Crippen molar-refractivity contribution in [2.75, 3.05) is 6.61 Å². The molecule has 4 rings (SSSR count). The number of fused-ring (bicyclic) bond motifs is 1. The highest BCUT2D eigenvalue weighted by Gasteiger charge is 2.27. The van der Waals surface area contributed by atoms with E-state index in [4.69, 9.17) is 13.9 Å². The van der Waals surface area contributed by atoms with Gasteiger partial charge in [-0.3, -0.25) is 4.79 Å². The van der Waals surface area contributed by atoms with E-state index in [1.54, 1.807) is 6.92 Å². The predicted molar refractivity (Wildman–Crippen MR) is 162 cm³/mol. The Morgan fingerprint density at radius 3 is 2.50 bits per heavy atom. The fourth-order valence-electron chi connectivity index (χ4n) is 4.28. The molecule has 7 heteroatoms. The zero-order valence-electron chi connectivity index (χ0n) is 24.1. The molecule has 3 aromatic carbocycles. The highest BCUT2D eigenvalue weighted by Crippen LogP contribution is 2.34. The number of para-hydroxylation sites is 1. The third-order valence-electron chi connectivity index (χ3n) is 6.43. The highest BCUT2D eigenvalue weighted by molar-refractivity contribution is 7.91. The molecule has 0 saturated heterocycles. The van der Waals surface area contributed by atoms with Gasteiger partial charge in [-0.1, -0.05) is 53.8 Å². The van der Waals surface area contributed by atoms with E-state index in [0.29, 0.717) is 30.4 Å². The summed E-state index contributed by atoms with van der Waals surface area (Å²) in [6.07, 6.45) is 1.07. The second kappa shape index (κ2) is 12.7. The lowest BCUT2D eigenvalue weighted by Crippen LogP contribution is -2.26. The Labute approximate surface area is 239 Å². The molecule has 4 aromatic rings. The van der Waals surface area contributed by atoms with Crippen LogP contribution in [-0.2, 0) is 40.3 Å². The van der Waals surface area contributed by atoms with Gasteiger partial charge in [0.25, 0.3) is 0 Å². The Morgan fingerprint density at radius 2 is 1.77 bits per heavy atom. The number of ether oxygens (including phenoxy) is 2. The fraction of sp³-hybridized carbons (Fsp3) is 0.333. The number of nitrogens with zero attached hydrogens (tertiary/aromatic N) is 1. The Bertz CT molecular complexity index is 1520. The van der Waals surface area contributed by atoms with Crippen molar-refractivity contribution in [1.29, 1.82) is 0 Å². The van der Waals surface area contributed by atoms with Crippen molar-refractivity contribution < 1.29 is 23.2 Å². The Hall–Kier alpha value is -3.55. The number of rotatable bonds is 10. The summed E-state index contributed by atoms with van der Waals surface area (Å²) < 4.78 is 34.3. The van der Waals surface area contributed by atoms with Crippen LogP contribution in [0.1, 0.15) is 64.0 Å². The van der Waals surface area contributed by atoms with Crippen LogP contribution in [0.15, 0.2) is 75.5 Å². The molecular formula is C33H37NO5S. The summed E-state index contributed by atoms with van der Waals surface area (Å²) >= 11 is -1.40. The first-order valence-corrected chi connectivity index (χ1v) is 14.7. The van der Waals surface area contributed by atoms with Gasteiger partial charge in [0.15, 0.2) is 5.76 Å². The molecule has 0 N–H and O–H groups in total. The molecule has 0 aliphatic carbocycles. The van der Waals surface area contributed by atoms with Crippen LogP contribution in [0.25, 0.3) is 22.1 Å². The third kappa shape index (κ3) is 7.14. The van der Waals surface area contributed by atoms with Crippen LogP contribution in [0, 0.1) is 0 Å². The maximum absolute atomic E-state index is 12.7. The number of hydrogen-bond acceptors (Lipinski definition) is 6. The molecule has 0 saturated carbocycles. The van der Waals surface area contributed by atoms with E-state index in [9.17, 15) is 9.35 Å². The number of carbonyl (C=O) groups excluding carboxylic acids is 1. The van der Waals surface area contributed by atoms with Crippen LogP contribution in [-0.4, -0.2) is 27.6 Å². The molecule has 0 aliphatic rings. The number of carbonyl (C=O) groups is 1. The van der Waals surface area contributed by atoms with E-state index < -0.39 is 16.1 Å². The second-order valence-electron chi connectivity index (χ2n) is 10.6. The summed E-state index contributed by atoms with van der Waals surface area (Å²) in [5, 5.41) is 0.906. The zero-order chi connectivity index (χ0) is 28.9. The van der Waals surface area contributed by atoms with Crippen molar-refractivity contribution in [2.24, 2.45) is 4.40 Å². The van der Waals surface area contributed by atoms with E-state index >= 15 is 0 Å². The van der Waals surface area contributed by atoms with Gasteiger partial charge in [-0.25, -0.2) is 0 Å². The summed E-state index contributed by atoms with van der Waals surface area (Å²) in [5.74, 6) is 0.942. The molecule has 0 aliphatic heterocycles. The van der Waals surface area contributed by atoms with E-state index in [-0.39, 0.29) is 12.4 Å². The van der Waals surface area contributed by atoms with Crippen LogP contribution in [0.5, 0.6) is 5.75 Å². The summed E-state index contributed by atoms with van der Waals surface area (Å²) in [4.78, 5) is 12.1. The van der Waals surface area contributed by atoms with Gasteiger partial charge in [0, 0.05) is 16.5 Å². The molecule has 0 spiro atoms. The van der Waals surface area contributed by atoms with Gasteiger partial charge < -0.3 is 18.4 Å². The summed E-state index contributed by atoms with van der Waals surface area (Å²) in [5.41, 5.74) is 6.28. The largest absolute Gasteiger partial charge is 0.591 e. The zero-order valence-corrected chi connectivity index (χ0v) is 24.9. The minimum Gasteiger partial charge on any atom is -0.591 e. The molecule has 0 radical (unpaired) electrons. The SMILES string of the molecule is CCOC(=O)Cc1ccccc1OCc1cc(-c2cccc(CC)c2)c2oc(/C(C)=N\[S@+]([O-])C(C)(C)C)cc2c1. The molecular weight excluding hydrogens is 522 g/mol. The van der Waals surface area contributed by atoms with Crippen LogP contribution in [0.4, 0.5) is 0 Å². The van der Waals surface area contributed by atoms with E-state index in [1.807, 2.05) is 64.1 Å². The number of furan rings is 1. The van der Waals surface area contributed by atoms with Crippen molar-refractivity contribution in [3.8, 4) is 16.9 Å². The number of hydrogen-bond donors (Lipinski definition) is 0. The van der Waals surface area contributed by atoms with Gasteiger partial charge in [0.1, 0.15) is 39.8 Å². The molecule has 1 heterocycles. The first-order valence-electron chi connectivity index (χ1n) is 13.6. The maximum Gasteiger partial charge on any atom is 0.310 e. The van der Waals surface area contributed by atoms with Gasteiger partial charge in [-0.05, 0) is 82.0 Å². The molecule has 6 nitrogen and oxygen atoms in total. The first kappa shape index (κ1) is 29.4. The van der Waals surface area contributed by atoms with Gasteiger partial charge in [0.2, 0.25) is 0 Å². The molecule has 1 aromatic heterocycles. The summed E-state index contributed by atoms with van der Waals surface area (Å²) in [6.45, 7) is 12.1. The van der Waals surface area contributed by atoms with Gasteiger partial charge in [-0.2, -0.15) is 0 Å². The summed E-state index contributed by atoms with van der Waals surface area (Å²) in [7, 11) is 0. The molecule has 0 fully saturated rings. The molecule has 0 amide bonds. The molecule has 210 valence electrons. The number of benzene rings is 3. The summed E-state index contributed by atoms with van der Waals surface area (Å²) in [6, 6.07) is 22.0. The Morgan fingerprint density at radius 1 is 1.00 bits per heavy atom. The van der Waals surface area contributed by atoms with Gasteiger partial charge >= 0.3 is 5.97 Å². The van der Waals surface area contributed by atoms with Crippen molar-refractivity contribution in [2.45, 2.75) is 65.7 Å². The third-order valence-corrected chi connectivity index (χ3v) is 7.92. The van der Waals surface area contributed by atoms with Crippen LogP contribution < -0.4 is 4.74 Å². The first-order chi connectivity index (χ1) is 19.1. The second-order valence-corrected chi connectivity index (χ2v) is 12.5. The normalized spacial score (nSPS) is 12.9. The fourth-order valence-corrected chi connectivity index (χ4v) is 4.89. The van der Waals surface area contributed by atoms with Crippen molar-refractivity contribution in [1.82, 2.24) is 0 Å². The molecule has 40 heavy (non-hydrogen) atoms. The smallest absolute Gasteiger partial charge is 0.310 e. The average molecular weight is 560 g/mol. The lowest BCUT2D eigenvalue weighted by Gasteiger charge is -2.18. The minimum absolute atomic E-state index is 0.151.